The second-order valence-corrected chi connectivity index (χ2v) is 6.45. The lowest BCUT2D eigenvalue weighted by Crippen LogP contribution is -2.06. The Labute approximate surface area is 160 Å². The maximum Gasteiger partial charge on any atom is 0.303 e. The van der Waals surface area contributed by atoms with Crippen LogP contribution < -0.4 is 4.74 Å². The third kappa shape index (κ3) is 6.92. The summed E-state index contributed by atoms with van der Waals surface area (Å²) in [5, 5.41) is 20.2. The maximum atomic E-state index is 10.6. The number of carboxylic acid groups (broad SMARTS) is 1. The molecule has 0 aliphatic carbocycles. The third-order valence-corrected chi connectivity index (χ3v) is 4.18. The number of benzene rings is 1. The number of nitrogens with zero attached hydrogens (tertiary/aromatic N) is 1. The van der Waals surface area contributed by atoms with Gasteiger partial charge in [0.1, 0.15) is 0 Å². The Hall–Kier alpha value is -2.58. The Morgan fingerprint density at radius 2 is 2.04 bits per heavy atom. The Morgan fingerprint density at radius 3 is 2.81 bits per heavy atom. The number of hydrogen-bond acceptors (Lipinski definition) is 4. The number of carbonyl (C=O) groups is 1. The smallest absolute Gasteiger partial charge is 0.303 e. The van der Waals surface area contributed by atoms with Gasteiger partial charge in [0, 0.05) is 30.2 Å². The second-order valence-electron chi connectivity index (χ2n) is 6.45. The number of carboxylic acids is 1. The molecule has 27 heavy (non-hydrogen) atoms. The van der Waals surface area contributed by atoms with Crippen LogP contribution in [0.5, 0.6) is 5.88 Å². The molecule has 1 aromatic carbocycles. The van der Waals surface area contributed by atoms with Gasteiger partial charge in [-0.15, -0.1) is 11.8 Å². The van der Waals surface area contributed by atoms with Gasteiger partial charge in [-0.25, -0.2) is 4.98 Å². The van der Waals surface area contributed by atoms with Crippen LogP contribution in [0, 0.1) is 11.8 Å². The van der Waals surface area contributed by atoms with E-state index >= 15 is 0 Å². The number of unbranched alkanes of at least 4 members (excludes halogenated alkanes) is 3. The van der Waals surface area contributed by atoms with E-state index in [1.807, 2.05) is 30.3 Å². The Kier molecular flexibility index (Phi) is 8.60. The summed E-state index contributed by atoms with van der Waals surface area (Å²) in [7, 11) is 0. The quantitative estimate of drug-likeness (QED) is 0.477. The summed E-state index contributed by atoms with van der Waals surface area (Å²) in [6, 6.07) is 9.65. The van der Waals surface area contributed by atoms with Crippen LogP contribution in [0.2, 0.25) is 0 Å². The minimum absolute atomic E-state index is 0.113. The number of rotatable bonds is 10. The lowest BCUT2D eigenvalue weighted by atomic mass is 10.1. The van der Waals surface area contributed by atoms with Gasteiger partial charge < -0.3 is 14.9 Å². The molecule has 0 aliphatic rings. The van der Waals surface area contributed by atoms with Crippen LogP contribution in [-0.4, -0.2) is 27.8 Å². The van der Waals surface area contributed by atoms with Crippen LogP contribution in [-0.2, 0) is 4.79 Å². The zero-order valence-electron chi connectivity index (χ0n) is 15.8. The highest BCUT2D eigenvalue weighted by Crippen LogP contribution is 2.29. The van der Waals surface area contributed by atoms with Gasteiger partial charge in [0.25, 0.3) is 0 Å². The van der Waals surface area contributed by atoms with Gasteiger partial charge in [0.05, 0.1) is 18.2 Å². The number of fused-ring (bicyclic) bond motifs is 1. The van der Waals surface area contributed by atoms with Gasteiger partial charge in [-0.05, 0) is 25.0 Å². The number of aliphatic carboxylic acids is 1. The molecule has 0 saturated carbocycles. The van der Waals surface area contributed by atoms with Crippen molar-refractivity contribution < 1.29 is 19.7 Å². The zero-order chi connectivity index (χ0) is 19.5. The first kappa shape index (κ1) is 20.7. The highest BCUT2D eigenvalue weighted by Gasteiger charge is 2.16. The molecule has 5 nitrogen and oxygen atoms in total. The average molecular weight is 369 g/mol. The number of ether oxygens (including phenoxy) is 1. The van der Waals surface area contributed by atoms with Crippen molar-refractivity contribution >= 4 is 16.9 Å². The van der Waals surface area contributed by atoms with Crippen molar-refractivity contribution in [3.63, 3.8) is 0 Å². The molecule has 1 aromatic heterocycles. The highest BCUT2D eigenvalue weighted by atomic mass is 16.5. The van der Waals surface area contributed by atoms with E-state index in [-0.39, 0.29) is 12.8 Å². The molecule has 1 unspecified atom stereocenters. The van der Waals surface area contributed by atoms with Crippen molar-refractivity contribution in [3.8, 4) is 17.7 Å². The molecule has 0 aliphatic heterocycles. The van der Waals surface area contributed by atoms with E-state index in [4.69, 9.17) is 9.84 Å². The molecule has 0 saturated heterocycles. The first-order chi connectivity index (χ1) is 13.1. The van der Waals surface area contributed by atoms with E-state index < -0.39 is 12.1 Å². The molecule has 2 aromatic rings. The fraction of sp³-hybridized carbons (Fsp3) is 0.455. The zero-order valence-corrected chi connectivity index (χ0v) is 15.8. The SMILES string of the molecule is CCCCCOc1nc2ccccc2cc1C(O)CC#CCCCC(=O)O. The number of pyridine rings is 1. The van der Waals surface area contributed by atoms with Gasteiger partial charge in [-0.2, -0.15) is 0 Å². The largest absolute Gasteiger partial charge is 0.481 e. The van der Waals surface area contributed by atoms with Crippen molar-refractivity contribution in [2.75, 3.05) is 6.61 Å². The number of aliphatic hydroxyl groups excluding tert-OH is 1. The summed E-state index contributed by atoms with van der Waals surface area (Å²) in [5.41, 5.74) is 1.48. The summed E-state index contributed by atoms with van der Waals surface area (Å²) in [6.45, 7) is 2.71. The van der Waals surface area contributed by atoms with E-state index in [0.29, 0.717) is 30.9 Å². The molecular formula is C22H27NO4. The number of hydrogen-bond donors (Lipinski definition) is 2. The lowest BCUT2D eigenvalue weighted by molar-refractivity contribution is -0.137. The molecule has 0 fully saturated rings. The predicted molar refractivity (Wildman–Crippen MR) is 106 cm³/mol. The molecule has 0 amide bonds. The van der Waals surface area contributed by atoms with Crippen LogP contribution >= 0.6 is 0 Å². The lowest BCUT2D eigenvalue weighted by Gasteiger charge is -2.15. The molecule has 2 N–H and O–H groups in total. The standard InChI is InChI=1S/C22H27NO4/c1-2-3-10-15-27-22-18(16-17-11-8-9-12-19(17)23-22)20(24)13-6-4-5-7-14-21(25)26/h8-9,11-12,16,20,24H,2-3,5,7,10,13-15H2,1H3,(H,25,26). The van der Waals surface area contributed by atoms with E-state index in [1.165, 1.54) is 0 Å². The molecule has 0 spiro atoms. The van der Waals surface area contributed by atoms with E-state index in [9.17, 15) is 9.90 Å². The summed E-state index contributed by atoms with van der Waals surface area (Å²) in [6.07, 6.45) is 3.76. The van der Waals surface area contributed by atoms with Crippen LogP contribution in [0.4, 0.5) is 0 Å². The van der Waals surface area contributed by atoms with Crippen LogP contribution in [0.25, 0.3) is 10.9 Å². The summed E-state index contributed by atoms with van der Waals surface area (Å²) >= 11 is 0. The fourth-order valence-electron chi connectivity index (χ4n) is 2.69. The molecular weight excluding hydrogens is 342 g/mol. The summed E-state index contributed by atoms with van der Waals surface area (Å²) in [5.74, 6) is 5.50. The van der Waals surface area contributed by atoms with Gasteiger partial charge in [0.15, 0.2) is 0 Å². The number of aromatic nitrogens is 1. The number of para-hydroxylation sites is 1. The van der Waals surface area contributed by atoms with E-state index in [2.05, 4.69) is 23.7 Å². The summed E-state index contributed by atoms with van der Waals surface area (Å²) in [4.78, 5) is 15.1. The second kappa shape index (κ2) is 11.2. The molecule has 1 atom stereocenters. The molecule has 0 radical (unpaired) electrons. The fourth-order valence-corrected chi connectivity index (χ4v) is 2.69. The molecule has 1 heterocycles. The van der Waals surface area contributed by atoms with Crippen molar-refractivity contribution in [1.29, 1.82) is 0 Å². The Balaban J connectivity index is 2.08. The van der Waals surface area contributed by atoms with Crippen LogP contribution in [0.1, 0.15) is 63.5 Å². The molecule has 2 rings (SSSR count). The van der Waals surface area contributed by atoms with Crippen LogP contribution in [0.15, 0.2) is 30.3 Å². The van der Waals surface area contributed by atoms with Crippen molar-refractivity contribution in [3.05, 3.63) is 35.9 Å². The monoisotopic (exact) mass is 369 g/mol. The van der Waals surface area contributed by atoms with Crippen molar-refractivity contribution in [1.82, 2.24) is 4.98 Å². The van der Waals surface area contributed by atoms with Gasteiger partial charge >= 0.3 is 5.97 Å². The molecule has 0 bridgehead atoms. The maximum absolute atomic E-state index is 10.6. The first-order valence-electron chi connectivity index (χ1n) is 9.50. The number of aliphatic hydroxyl groups is 1. The van der Waals surface area contributed by atoms with Crippen LogP contribution in [0.3, 0.4) is 0 Å². The Bertz CT molecular complexity index is 807. The average Bonchev–Trinajstić information content (AvgIpc) is 2.67. The Morgan fingerprint density at radius 1 is 1.22 bits per heavy atom. The molecule has 144 valence electrons. The van der Waals surface area contributed by atoms with Gasteiger partial charge in [-0.3, -0.25) is 4.79 Å². The first-order valence-corrected chi connectivity index (χ1v) is 9.50. The van der Waals surface area contributed by atoms with Gasteiger partial charge in [-0.1, -0.05) is 38.0 Å². The topological polar surface area (TPSA) is 79.7 Å². The normalized spacial score (nSPS) is 11.6. The minimum Gasteiger partial charge on any atom is -0.481 e. The van der Waals surface area contributed by atoms with Crippen molar-refractivity contribution in [2.45, 2.75) is 58.0 Å². The van der Waals surface area contributed by atoms with E-state index in [1.54, 1.807) is 0 Å². The van der Waals surface area contributed by atoms with E-state index in [0.717, 1.165) is 30.2 Å². The highest BCUT2D eigenvalue weighted by molar-refractivity contribution is 5.80. The predicted octanol–water partition coefficient (Wildman–Crippen LogP) is 4.49. The summed E-state index contributed by atoms with van der Waals surface area (Å²) < 4.78 is 5.86. The van der Waals surface area contributed by atoms with Gasteiger partial charge in [0.2, 0.25) is 5.88 Å². The minimum atomic E-state index is -0.816. The third-order valence-electron chi connectivity index (χ3n) is 4.18. The van der Waals surface area contributed by atoms with Crippen molar-refractivity contribution in [2.24, 2.45) is 0 Å². The molecule has 5 heteroatoms.